The predicted molar refractivity (Wildman–Crippen MR) is 101 cm³/mol. The van der Waals surface area contributed by atoms with Crippen LogP contribution in [0, 0.1) is 17.8 Å². The minimum Gasteiger partial charge on any atom is -0.497 e. The summed E-state index contributed by atoms with van der Waals surface area (Å²) in [6, 6.07) is 4.66. The van der Waals surface area contributed by atoms with Crippen LogP contribution in [0.2, 0.25) is 0 Å². The monoisotopic (exact) mass is 378 g/mol. The topological polar surface area (TPSA) is 100 Å². The van der Waals surface area contributed by atoms with Crippen molar-refractivity contribution in [2.75, 3.05) is 13.7 Å². The Morgan fingerprint density at radius 1 is 1.36 bits per heavy atom. The van der Waals surface area contributed by atoms with Gasteiger partial charge in [-0.1, -0.05) is 24.0 Å². The number of rotatable bonds is 3. The molecule has 3 heterocycles. The molecule has 1 aromatic rings. The Morgan fingerprint density at radius 3 is 2.89 bits per heavy atom. The van der Waals surface area contributed by atoms with Crippen molar-refractivity contribution in [1.82, 2.24) is 15.5 Å². The second-order valence-corrected chi connectivity index (χ2v) is 6.79. The van der Waals surface area contributed by atoms with Crippen molar-refractivity contribution in [3.63, 3.8) is 0 Å². The number of nitrogens with one attached hydrogen (secondary N) is 2. The lowest BCUT2D eigenvalue weighted by molar-refractivity contribution is -0.122. The summed E-state index contributed by atoms with van der Waals surface area (Å²) in [5, 5.41) is 4.83. The first-order valence-corrected chi connectivity index (χ1v) is 8.81. The predicted octanol–water partition coefficient (Wildman–Crippen LogP) is 0.837. The highest BCUT2D eigenvalue weighted by Crippen LogP contribution is 2.28. The molecular weight excluding hydrogens is 360 g/mol. The van der Waals surface area contributed by atoms with Gasteiger partial charge in [-0.15, -0.1) is 0 Å². The molecule has 0 spiro atoms. The molecule has 0 radical (unpaired) electrons. The molecule has 2 N–H and O–H groups in total. The van der Waals surface area contributed by atoms with Gasteiger partial charge in [0.1, 0.15) is 5.75 Å². The number of hydrogen-bond acceptors (Lipinski definition) is 5. The number of imide groups is 1. The van der Waals surface area contributed by atoms with Crippen LogP contribution in [0.3, 0.4) is 0 Å². The zero-order valence-electron chi connectivity index (χ0n) is 15.2. The minimum absolute atomic E-state index is 0.0485. The van der Waals surface area contributed by atoms with E-state index in [1.807, 2.05) is 12.1 Å². The fourth-order valence-corrected chi connectivity index (χ4v) is 3.41. The van der Waals surface area contributed by atoms with Crippen molar-refractivity contribution in [3.8, 4) is 17.6 Å². The van der Waals surface area contributed by atoms with Crippen LogP contribution < -0.4 is 15.4 Å². The second kappa shape index (κ2) is 6.85. The summed E-state index contributed by atoms with van der Waals surface area (Å²) in [5.41, 5.74) is -0.131. The first-order chi connectivity index (χ1) is 13.5. The van der Waals surface area contributed by atoms with Gasteiger partial charge in [-0.3, -0.25) is 19.9 Å². The first-order valence-electron chi connectivity index (χ1n) is 8.81. The Labute approximate surface area is 161 Å². The Hall–Kier alpha value is -3.60. The normalized spacial score (nSPS) is 25.1. The highest BCUT2D eigenvalue weighted by molar-refractivity contribution is 6.10. The molecule has 2 unspecified atom stereocenters. The van der Waals surface area contributed by atoms with Crippen molar-refractivity contribution < 1.29 is 19.1 Å². The standard InChI is InChI=1S/C20H18N4O4/c1-28-15-5-4-14-11-24(17(25)16(14)9-15)12-20(18(26)22-19(27)23-20)7-6-13-3-2-8-21-10-13/h2,4-5,8-10,13H,3,11-12H2,1H3,(H2,22,23,26,27). The van der Waals surface area contributed by atoms with Crippen LogP contribution >= 0.6 is 0 Å². The van der Waals surface area contributed by atoms with E-state index in [1.165, 1.54) is 12.0 Å². The van der Waals surface area contributed by atoms with Crippen LogP contribution in [-0.4, -0.2) is 48.2 Å². The Bertz CT molecular complexity index is 988. The molecule has 3 aliphatic heterocycles. The summed E-state index contributed by atoms with van der Waals surface area (Å²) in [7, 11) is 1.53. The van der Waals surface area contributed by atoms with E-state index in [-0.39, 0.29) is 18.4 Å². The smallest absolute Gasteiger partial charge is 0.323 e. The van der Waals surface area contributed by atoms with Crippen LogP contribution in [0.1, 0.15) is 22.3 Å². The summed E-state index contributed by atoms with van der Waals surface area (Å²) >= 11 is 0. The summed E-state index contributed by atoms with van der Waals surface area (Å²) in [6.07, 6.45) is 5.94. The van der Waals surface area contributed by atoms with E-state index in [4.69, 9.17) is 4.74 Å². The van der Waals surface area contributed by atoms with Crippen molar-refractivity contribution in [2.45, 2.75) is 18.5 Å². The van der Waals surface area contributed by atoms with E-state index in [9.17, 15) is 14.4 Å². The molecule has 8 nitrogen and oxygen atoms in total. The van der Waals surface area contributed by atoms with Gasteiger partial charge in [0.2, 0.25) is 0 Å². The van der Waals surface area contributed by atoms with Crippen LogP contribution in [0.5, 0.6) is 5.75 Å². The largest absolute Gasteiger partial charge is 0.497 e. The van der Waals surface area contributed by atoms with E-state index in [0.717, 1.165) is 5.56 Å². The highest BCUT2D eigenvalue weighted by Gasteiger charge is 2.48. The molecule has 1 saturated heterocycles. The maximum absolute atomic E-state index is 12.8. The van der Waals surface area contributed by atoms with E-state index >= 15 is 0 Å². The molecular formula is C20H18N4O4. The molecule has 0 aliphatic carbocycles. The van der Waals surface area contributed by atoms with Gasteiger partial charge in [-0.05, 0) is 24.1 Å². The maximum atomic E-state index is 12.8. The average molecular weight is 378 g/mol. The average Bonchev–Trinajstić information content (AvgIpc) is 3.16. The molecule has 4 rings (SSSR count). The number of benzene rings is 1. The van der Waals surface area contributed by atoms with Gasteiger partial charge in [-0.25, -0.2) is 4.79 Å². The molecule has 1 fully saturated rings. The lowest BCUT2D eigenvalue weighted by Gasteiger charge is -2.26. The molecule has 3 aliphatic rings. The van der Waals surface area contributed by atoms with E-state index < -0.39 is 17.5 Å². The highest BCUT2D eigenvalue weighted by atomic mass is 16.5. The van der Waals surface area contributed by atoms with E-state index in [2.05, 4.69) is 27.5 Å². The molecule has 142 valence electrons. The summed E-state index contributed by atoms with van der Waals surface area (Å²) < 4.78 is 5.18. The zero-order valence-corrected chi connectivity index (χ0v) is 15.2. The summed E-state index contributed by atoms with van der Waals surface area (Å²) in [6.45, 7) is 0.283. The maximum Gasteiger partial charge on any atom is 0.323 e. The third-order valence-electron chi connectivity index (χ3n) is 4.88. The summed E-state index contributed by atoms with van der Waals surface area (Å²) in [5.74, 6) is 5.55. The van der Waals surface area contributed by atoms with Gasteiger partial charge < -0.3 is 15.0 Å². The third-order valence-corrected chi connectivity index (χ3v) is 4.88. The first kappa shape index (κ1) is 17.8. The minimum atomic E-state index is -1.49. The van der Waals surface area contributed by atoms with E-state index in [1.54, 1.807) is 24.5 Å². The molecule has 28 heavy (non-hydrogen) atoms. The van der Waals surface area contributed by atoms with E-state index in [0.29, 0.717) is 24.3 Å². The number of allylic oxidation sites excluding steroid dienone is 1. The number of urea groups is 1. The molecule has 1 aromatic carbocycles. The van der Waals surface area contributed by atoms with Gasteiger partial charge in [-0.2, -0.15) is 0 Å². The second-order valence-electron chi connectivity index (χ2n) is 6.79. The fourth-order valence-electron chi connectivity index (χ4n) is 3.41. The molecule has 4 amide bonds. The van der Waals surface area contributed by atoms with Gasteiger partial charge in [0.15, 0.2) is 5.54 Å². The third kappa shape index (κ3) is 3.11. The Kier molecular flexibility index (Phi) is 4.35. The van der Waals surface area contributed by atoms with Crippen molar-refractivity contribution in [3.05, 3.63) is 41.6 Å². The SMILES string of the molecule is COc1ccc2c(c1)C(=O)N(CC1(C#CC3C=NC=CC3)NC(=O)NC1=O)C2. The molecule has 2 atom stereocenters. The van der Waals surface area contributed by atoms with Gasteiger partial charge in [0.25, 0.3) is 11.8 Å². The Morgan fingerprint density at radius 2 is 2.21 bits per heavy atom. The number of methoxy groups -OCH3 is 1. The van der Waals surface area contributed by atoms with Crippen molar-refractivity contribution >= 4 is 24.1 Å². The van der Waals surface area contributed by atoms with Crippen molar-refractivity contribution in [1.29, 1.82) is 0 Å². The van der Waals surface area contributed by atoms with Crippen molar-refractivity contribution in [2.24, 2.45) is 10.9 Å². The van der Waals surface area contributed by atoms with Crippen LogP contribution in [0.25, 0.3) is 0 Å². The number of fused-ring (bicyclic) bond motifs is 1. The van der Waals surface area contributed by atoms with Gasteiger partial charge in [0.05, 0.1) is 19.6 Å². The quantitative estimate of drug-likeness (QED) is 0.601. The number of ether oxygens (including phenoxy) is 1. The van der Waals surface area contributed by atoms with Crippen LogP contribution in [0.15, 0.2) is 35.5 Å². The Balaban J connectivity index is 1.61. The van der Waals surface area contributed by atoms with Crippen LogP contribution in [-0.2, 0) is 11.3 Å². The number of hydrogen-bond donors (Lipinski definition) is 2. The van der Waals surface area contributed by atoms with Gasteiger partial charge in [0, 0.05) is 24.5 Å². The molecule has 0 saturated carbocycles. The summed E-state index contributed by atoms with van der Waals surface area (Å²) in [4.78, 5) is 42.7. The fraction of sp³-hybridized carbons (Fsp3) is 0.300. The lowest BCUT2D eigenvalue weighted by Crippen LogP contribution is -2.54. The van der Waals surface area contributed by atoms with Crippen LogP contribution in [0.4, 0.5) is 4.79 Å². The molecule has 0 aromatic heterocycles. The number of nitrogens with zero attached hydrogens (tertiary/aromatic N) is 2. The number of aliphatic imine (C=N–C) groups is 1. The molecule has 8 heteroatoms. The number of carbonyl (C=O) groups is 3. The van der Waals surface area contributed by atoms with Gasteiger partial charge >= 0.3 is 6.03 Å². The zero-order chi connectivity index (χ0) is 19.7. The number of amides is 4. The lowest BCUT2D eigenvalue weighted by atomic mass is 9.97. The number of carbonyl (C=O) groups excluding carboxylic acids is 3. The molecule has 0 bridgehead atoms.